The molecule has 3 saturated carbocycles. The molecule has 82 valence electrons. The van der Waals surface area contributed by atoms with Gasteiger partial charge in [0, 0.05) is 5.92 Å². The van der Waals surface area contributed by atoms with Gasteiger partial charge in [-0.1, -0.05) is 0 Å². The average Bonchev–Trinajstić information content (AvgIpc) is 3.07. The first kappa shape index (κ1) is 9.19. The number of carbonyl (C=O) groups excluding carboxylic acids is 1. The summed E-state index contributed by atoms with van der Waals surface area (Å²) in [4.78, 5) is 22.7. The minimum atomic E-state index is -0.878. The lowest BCUT2D eigenvalue weighted by Gasteiger charge is -2.13. The topological polar surface area (TPSA) is 66.4 Å². The molecule has 0 aromatic carbocycles. The van der Waals surface area contributed by atoms with E-state index in [0.29, 0.717) is 5.41 Å². The van der Waals surface area contributed by atoms with Gasteiger partial charge in [0.15, 0.2) is 0 Å². The van der Waals surface area contributed by atoms with Crippen LogP contribution in [-0.4, -0.2) is 23.0 Å². The maximum absolute atomic E-state index is 11.7. The average molecular weight is 209 g/mol. The first-order chi connectivity index (χ1) is 7.12. The number of rotatable bonds is 4. The van der Waals surface area contributed by atoms with Crippen LogP contribution in [0.4, 0.5) is 0 Å². The molecule has 0 saturated heterocycles. The number of amides is 1. The lowest BCUT2D eigenvalue weighted by atomic mass is 10.1. The molecule has 0 heterocycles. The smallest absolute Gasteiger partial charge is 0.326 e. The number of hydrogen-bond acceptors (Lipinski definition) is 2. The Morgan fingerprint density at radius 1 is 1.33 bits per heavy atom. The zero-order valence-corrected chi connectivity index (χ0v) is 8.53. The van der Waals surface area contributed by atoms with Crippen LogP contribution in [0.3, 0.4) is 0 Å². The van der Waals surface area contributed by atoms with Crippen LogP contribution in [0.1, 0.15) is 32.1 Å². The second-order valence-corrected chi connectivity index (χ2v) is 5.28. The maximum atomic E-state index is 11.7. The van der Waals surface area contributed by atoms with Gasteiger partial charge in [-0.05, 0) is 43.4 Å². The Kier molecular flexibility index (Phi) is 1.68. The zero-order chi connectivity index (χ0) is 10.6. The van der Waals surface area contributed by atoms with E-state index in [1.807, 2.05) is 0 Å². The van der Waals surface area contributed by atoms with Crippen LogP contribution >= 0.6 is 0 Å². The van der Waals surface area contributed by atoms with E-state index in [1.165, 1.54) is 0 Å². The molecule has 1 amide bonds. The number of carbonyl (C=O) groups is 2. The Balaban J connectivity index is 1.58. The molecular formula is C11H15NO3. The number of hydrogen-bond donors (Lipinski definition) is 2. The fourth-order valence-corrected chi connectivity index (χ4v) is 2.50. The first-order valence-corrected chi connectivity index (χ1v) is 5.66. The van der Waals surface area contributed by atoms with Gasteiger partial charge in [0.25, 0.3) is 0 Å². The molecule has 3 aliphatic rings. The Morgan fingerprint density at radius 2 is 2.00 bits per heavy atom. The quantitative estimate of drug-likeness (QED) is 0.718. The third kappa shape index (κ3) is 1.52. The highest BCUT2D eigenvalue weighted by molar-refractivity contribution is 5.88. The first-order valence-electron chi connectivity index (χ1n) is 5.66. The second-order valence-electron chi connectivity index (χ2n) is 5.28. The molecule has 0 radical (unpaired) electrons. The van der Waals surface area contributed by atoms with Crippen molar-refractivity contribution in [1.82, 2.24) is 5.32 Å². The normalized spacial score (nSPS) is 32.1. The van der Waals surface area contributed by atoms with E-state index in [4.69, 9.17) is 5.11 Å². The van der Waals surface area contributed by atoms with Crippen LogP contribution in [0, 0.1) is 17.3 Å². The molecule has 15 heavy (non-hydrogen) atoms. The van der Waals surface area contributed by atoms with Crippen LogP contribution in [0.25, 0.3) is 0 Å². The number of aliphatic carboxylic acids is 1. The molecule has 0 aromatic heterocycles. The van der Waals surface area contributed by atoms with E-state index in [9.17, 15) is 9.59 Å². The Bertz CT molecular complexity index is 331. The van der Waals surface area contributed by atoms with Gasteiger partial charge in [-0.3, -0.25) is 4.79 Å². The summed E-state index contributed by atoms with van der Waals surface area (Å²) in [6.07, 6.45) is 5.18. The van der Waals surface area contributed by atoms with Crippen LogP contribution in [0.15, 0.2) is 0 Å². The summed E-state index contributed by atoms with van der Waals surface area (Å²) in [6.45, 7) is 0. The van der Waals surface area contributed by atoms with E-state index in [1.54, 1.807) is 0 Å². The van der Waals surface area contributed by atoms with Gasteiger partial charge < -0.3 is 10.4 Å². The third-order valence-electron chi connectivity index (χ3n) is 4.06. The van der Waals surface area contributed by atoms with Gasteiger partial charge in [0.1, 0.15) is 6.04 Å². The summed E-state index contributed by atoms with van der Waals surface area (Å²) < 4.78 is 0. The fraction of sp³-hybridized carbons (Fsp3) is 0.818. The molecule has 1 spiro atoms. The minimum absolute atomic E-state index is 0.0215. The SMILES string of the molecule is O=C(O)C(NC(=O)C1CC12CC2)C1CC1. The second kappa shape index (κ2) is 2.74. The minimum Gasteiger partial charge on any atom is -0.480 e. The molecule has 4 heteroatoms. The van der Waals surface area contributed by atoms with Gasteiger partial charge in [-0.25, -0.2) is 4.79 Å². The van der Waals surface area contributed by atoms with Crippen molar-refractivity contribution in [3.63, 3.8) is 0 Å². The highest BCUT2D eigenvalue weighted by atomic mass is 16.4. The molecular weight excluding hydrogens is 194 g/mol. The maximum Gasteiger partial charge on any atom is 0.326 e. The van der Waals surface area contributed by atoms with Crippen LogP contribution in [-0.2, 0) is 9.59 Å². The molecule has 4 nitrogen and oxygen atoms in total. The summed E-state index contributed by atoms with van der Waals surface area (Å²) in [5.41, 5.74) is 0.316. The molecule has 3 fully saturated rings. The number of carboxylic acid groups (broad SMARTS) is 1. The number of nitrogens with one attached hydrogen (secondary N) is 1. The van der Waals surface area contributed by atoms with Crippen LogP contribution in [0.2, 0.25) is 0 Å². The van der Waals surface area contributed by atoms with Crippen LogP contribution < -0.4 is 5.32 Å². The van der Waals surface area contributed by atoms with Crippen LogP contribution in [0.5, 0.6) is 0 Å². The van der Waals surface area contributed by atoms with E-state index in [0.717, 1.165) is 32.1 Å². The fourth-order valence-electron chi connectivity index (χ4n) is 2.50. The lowest BCUT2D eigenvalue weighted by molar-refractivity contribution is -0.142. The van der Waals surface area contributed by atoms with Crippen molar-refractivity contribution in [3.8, 4) is 0 Å². The predicted octanol–water partition coefficient (Wildman–Crippen LogP) is 0.766. The van der Waals surface area contributed by atoms with Gasteiger partial charge in [0.05, 0.1) is 0 Å². The predicted molar refractivity (Wildman–Crippen MR) is 52.1 cm³/mol. The van der Waals surface area contributed by atoms with Crippen molar-refractivity contribution in [2.24, 2.45) is 17.3 Å². The standard InChI is InChI=1S/C11H15NO3/c13-9(7-5-11(7)3-4-11)12-8(10(14)15)6-1-2-6/h6-8H,1-5H2,(H,12,13)(H,14,15). The molecule has 0 bridgehead atoms. The lowest BCUT2D eigenvalue weighted by Crippen LogP contribution is -2.43. The molecule has 0 aromatic rings. The van der Waals surface area contributed by atoms with Crippen molar-refractivity contribution < 1.29 is 14.7 Å². The molecule has 2 unspecified atom stereocenters. The van der Waals surface area contributed by atoms with Gasteiger partial charge >= 0.3 is 5.97 Å². The van der Waals surface area contributed by atoms with Crippen molar-refractivity contribution in [2.75, 3.05) is 0 Å². The zero-order valence-electron chi connectivity index (χ0n) is 8.53. The summed E-state index contributed by atoms with van der Waals surface area (Å²) in [5.74, 6) is -0.596. The van der Waals surface area contributed by atoms with Crippen molar-refractivity contribution in [3.05, 3.63) is 0 Å². The van der Waals surface area contributed by atoms with E-state index < -0.39 is 12.0 Å². The van der Waals surface area contributed by atoms with Crippen molar-refractivity contribution in [1.29, 1.82) is 0 Å². The van der Waals surface area contributed by atoms with E-state index in [-0.39, 0.29) is 17.7 Å². The molecule has 2 atom stereocenters. The van der Waals surface area contributed by atoms with E-state index >= 15 is 0 Å². The highest BCUT2D eigenvalue weighted by Gasteiger charge is 2.66. The Hall–Kier alpha value is -1.06. The molecule has 3 aliphatic carbocycles. The molecule has 3 rings (SSSR count). The summed E-state index contributed by atoms with van der Waals surface area (Å²) in [6, 6.07) is -0.631. The molecule has 2 N–H and O–H groups in total. The van der Waals surface area contributed by atoms with Gasteiger partial charge in [0.2, 0.25) is 5.91 Å². The monoisotopic (exact) mass is 209 g/mol. The number of carboxylic acids is 1. The summed E-state index contributed by atoms with van der Waals surface area (Å²) in [7, 11) is 0. The molecule has 0 aliphatic heterocycles. The highest BCUT2D eigenvalue weighted by Crippen LogP contribution is 2.70. The van der Waals surface area contributed by atoms with E-state index in [2.05, 4.69) is 5.32 Å². The Labute approximate surface area is 88.0 Å². The third-order valence-corrected chi connectivity index (χ3v) is 4.06. The summed E-state index contributed by atoms with van der Waals surface area (Å²) in [5, 5.41) is 11.7. The van der Waals surface area contributed by atoms with Crippen molar-refractivity contribution >= 4 is 11.9 Å². The van der Waals surface area contributed by atoms with Gasteiger partial charge in [-0.15, -0.1) is 0 Å². The van der Waals surface area contributed by atoms with Crippen molar-refractivity contribution in [2.45, 2.75) is 38.1 Å². The Morgan fingerprint density at radius 3 is 2.40 bits per heavy atom. The largest absolute Gasteiger partial charge is 0.480 e. The summed E-state index contributed by atoms with van der Waals surface area (Å²) >= 11 is 0. The van der Waals surface area contributed by atoms with Gasteiger partial charge in [-0.2, -0.15) is 0 Å².